The fraction of sp³-hybridized carbons (Fsp3) is 0.333. The molecule has 2 N–H and O–H groups in total. The van der Waals surface area contributed by atoms with Crippen LogP contribution in [0.25, 0.3) is 0 Å². The van der Waals surface area contributed by atoms with E-state index >= 15 is 0 Å². The molecule has 0 aliphatic carbocycles. The zero-order valence-electron chi connectivity index (χ0n) is 11.4. The summed E-state index contributed by atoms with van der Waals surface area (Å²) in [6, 6.07) is 6.75. The van der Waals surface area contributed by atoms with Crippen molar-refractivity contribution in [3.05, 3.63) is 30.1 Å². The maximum absolute atomic E-state index is 9.08. The highest BCUT2D eigenvalue weighted by atomic mass is 32.2. The molecule has 0 radical (unpaired) electrons. The summed E-state index contributed by atoms with van der Waals surface area (Å²) in [4.78, 5) is 0. The smallest absolute Gasteiger partial charge is 0.488 e. The number of rotatable bonds is 6. The number of hydrogen-bond acceptors (Lipinski definition) is 6. The SMILES string of the molecule is Cc1nnc(SCCOc2cccc(B(O)O)c2)n1C. The van der Waals surface area contributed by atoms with Crippen LogP contribution in [0.3, 0.4) is 0 Å². The van der Waals surface area contributed by atoms with Crippen molar-refractivity contribution in [3.63, 3.8) is 0 Å². The van der Waals surface area contributed by atoms with Crippen molar-refractivity contribution in [2.75, 3.05) is 12.4 Å². The summed E-state index contributed by atoms with van der Waals surface area (Å²) in [5, 5.41) is 27.0. The third-order valence-electron chi connectivity index (χ3n) is 2.79. The molecule has 0 amide bonds. The fourth-order valence-electron chi connectivity index (χ4n) is 1.57. The van der Waals surface area contributed by atoms with E-state index in [4.69, 9.17) is 14.8 Å². The number of nitrogens with zero attached hydrogens (tertiary/aromatic N) is 3. The van der Waals surface area contributed by atoms with Crippen LogP contribution in [0, 0.1) is 6.92 Å². The number of thioether (sulfide) groups is 1. The van der Waals surface area contributed by atoms with Gasteiger partial charge in [0.15, 0.2) is 5.16 Å². The highest BCUT2D eigenvalue weighted by Crippen LogP contribution is 2.15. The van der Waals surface area contributed by atoms with Crippen molar-refractivity contribution in [2.24, 2.45) is 7.05 Å². The lowest BCUT2D eigenvalue weighted by Gasteiger charge is -2.07. The first-order valence-electron chi connectivity index (χ1n) is 6.15. The van der Waals surface area contributed by atoms with E-state index in [2.05, 4.69) is 10.2 Å². The van der Waals surface area contributed by atoms with Crippen LogP contribution in [-0.4, -0.2) is 44.3 Å². The van der Waals surface area contributed by atoms with Gasteiger partial charge in [-0.05, 0) is 24.5 Å². The molecule has 0 bridgehead atoms. The van der Waals surface area contributed by atoms with E-state index in [0.717, 1.165) is 16.7 Å². The Balaban J connectivity index is 1.81. The number of benzene rings is 1. The van der Waals surface area contributed by atoms with E-state index < -0.39 is 7.12 Å². The molecule has 2 aromatic rings. The quantitative estimate of drug-likeness (QED) is 0.442. The summed E-state index contributed by atoms with van der Waals surface area (Å²) in [6.07, 6.45) is 0. The van der Waals surface area contributed by atoms with Crippen molar-refractivity contribution in [1.29, 1.82) is 0 Å². The van der Waals surface area contributed by atoms with Gasteiger partial charge in [-0.25, -0.2) is 0 Å². The molecule has 6 nitrogen and oxygen atoms in total. The van der Waals surface area contributed by atoms with Gasteiger partial charge in [0, 0.05) is 12.8 Å². The Hall–Kier alpha value is -1.51. The predicted molar refractivity (Wildman–Crippen MR) is 78.2 cm³/mol. The molecule has 8 heteroatoms. The van der Waals surface area contributed by atoms with Crippen molar-refractivity contribution in [1.82, 2.24) is 14.8 Å². The van der Waals surface area contributed by atoms with Gasteiger partial charge in [-0.1, -0.05) is 23.9 Å². The van der Waals surface area contributed by atoms with Gasteiger partial charge < -0.3 is 19.4 Å². The van der Waals surface area contributed by atoms with E-state index in [-0.39, 0.29) is 0 Å². The minimum atomic E-state index is -1.48. The van der Waals surface area contributed by atoms with Crippen molar-refractivity contribution >= 4 is 24.3 Å². The molecule has 106 valence electrons. The van der Waals surface area contributed by atoms with Gasteiger partial charge in [0.2, 0.25) is 0 Å². The minimum Gasteiger partial charge on any atom is -0.493 e. The second-order valence-electron chi connectivity index (χ2n) is 4.23. The summed E-state index contributed by atoms with van der Waals surface area (Å²) < 4.78 is 7.49. The van der Waals surface area contributed by atoms with Gasteiger partial charge in [-0.2, -0.15) is 0 Å². The maximum Gasteiger partial charge on any atom is 0.488 e. The molecule has 0 atom stereocenters. The second-order valence-corrected chi connectivity index (χ2v) is 5.29. The number of ether oxygens (including phenoxy) is 1. The maximum atomic E-state index is 9.08. The lowest BCUT2D eigenvalue weighted by molar-refractivity contribution is 0.343. The summed E-state index contributed by atoms with van der Waals surface area (Å²) in [5.74, 6) is 2.22. The van der Waals surface area contributed by atoms with Gasteiger partial charge in [-0.15, -0.1) is 10.2 Å². The van der Waals surface area contributed by atoms with E-state index in [9.17, 15) is 0 Å². The van der Waals surface area contributed by atoms with Crippen LogP contribution in [0.4, 0.5) is 0 Å². The molecule has 20 heavy (non-hydrogen) atoms. The molecule has 1 aromatic carbocycles. The van der Waals surface area contributed by atoms with Crippen LogP contribution < -0.4 is 10.2 Å². The normalized spacial score (nSPS) is 10.6. The molecule has 2 rings (SSSR count). The van der Waals surface area contributed by atoms with Gasteiger partial charge >= 0.3 is 7.12 Å². The van der Waals surface area contributed by atoms with Gasteiger partial charge in [-0.3, -0.25) is 0 Å². The Morgan fingerprint density at radius 2 is 2.15 bits per heavy atom. The highest BCUT2D eigenvalue weighted by Gasteiger charge is 2.11. The molecule has 0 unspecified atom stereocenters. The average molecular weight is 293 g/mol. The summed E-state index contributed by atoms with van der Waals surface area (Å²) in [5.41, 5.74) is 0.416. The first-order chi connectivity index (χ1) is 9.58. The van der Waals surface area contributed by atoms with Crippen LogP contribution >= 0.6 is 11.8 Å². The summed E-state index contributed by atoms with van der Waals surface area (Å²) in [7, 11) is 0.444. The Labute approximate surface area is 121 Å². The summed E-state index contributed by atoms with van der Waals surface area (Å²) in [6.45, 7) is 2.40. The molecule has 1 aromatic heterocycles. The molecular weight excluding hydrogens is 277 g/mol. The van der Waals surface area contributed by atoms with Crippen LogP contribution in [0.15, 0.2) is 29.4 Å². The van der Waals surface area contributed by atoms with Crippen LogP contribution in [0.5, 0.6) is 5.75 Å². The topological polar surface area (TPSA) is 80.4 Å². The third kappa shape index (κ3) is 3.75. The minimum absolute atomic E-state index is 0.416. The van der Waals surface area contributed by atoms with E-state index in [1.54, 1.807) is 36.0 Å². The molecular formula is C12H16BN3O3S. The van der Waals surface area contributed by atoms with E-state index in [0.29, 0.717) is 17.8 Å². The first-order valence-corrected chi connectivity index (χ1v) is 7.14. The van der Waals surface area contributed by atoms with Gasteiger partial charge in [0.25, 0.3) is 0 Å². The molecule has 0 saturated heterocycles. The average Bonchev–Trinajstić information content (AvgIpc) is 2.75. The molecule has 0 aliphatic heterocycles. The third-order valence-corrected chi connectivity index (χ3v) is 3.78. The Bertz CT molecular complexity index is 577. The lowest BCUT2D eigenvalue weighted by atomic mass is 9.80. The zero-order valence-corrected chi connectivity index (χ0v) is 12.2. The second kappa shape index (κ2) is 6.78. The monoisotopic (exact) mass is 293 g/mol. The standard InChI is InChI=1S/C12H16BN3O3S/c1-9-14-15-12(16(9)2)20-7-6-19-11-5-3-4-10(8-11)13(17)18/h3-5,8,17-18H,6-7H2,1-2H3. The van der Waals surface area contributed by atoms with Gasteiger partial charge in [0.1, 0.15) is 11.6 Å². The first kappa shape index (κ1) is 14.9. The van der Waals surface area contributed by atoms with Crippen molar-refractivity contribution in [2.45, 2.75) is 12.1 Å². The van der Waals surface area contributed by atoms with Crippen molar-refractivity contribution in [3.8, 4) is 5.75 Å². The van der Waals surface area contributed by atoms with Crippen LogP contribution in [0.1, 0.15) is 5.82 Å². The zero-order chi connectivity index (χ0) is 14.5. The Morgan fingerprint density at radius 1 is 1.35 bits per heavy atom. The van der Waals surface area contributed by atoms with Gasteiger partial charge in [0.05, 0.1) is 6.61 Å². The molecule has 0 spiro atoms. The predicted octanol–water partition coefficient (Wildman–Crippen LogP) is -0.0256. The number of aryl methyl sites for hydroxylation is 1. The largest absolute Gasteiger partial charge is 0.493 e. The number of aromatic nitrogens is 3. The Kier molecular flexibility index (Phi) is 5.05. The van der Waals surface area contributed by atoms with Crippen molar-refractivity contribution < 1.29 is 14.8 Å². The molecule has 0 saturated carbocycles. The summed E-state index contributed by atoms with van der Waals surface area (Å²) >= 11 is 1.56. The number of hydrogen-bond donors (Lipinski definition) is 2. The lowest BCUT2D eigenvalue weighted by Crippen LogP contribution is -2.29. The fourth-order valence-corrected chi connectivity index (χ4v) is 2.34. The van der Waals surface area contributed by atoms with Crippen LogP contribution in [0.2, 0.25) is 0 Å². The molecule has 0 fully saturated rings. The molecule has 0 aliphatic rings. The molecule has 1 heterocycles. The Morgan fingerprint density at radius 3 is 2.80 bits per heavy atom. The van der Waals surface area contributed by atoms with Crippen LogP contribution in [-0.2, 0) is 7.05 Å². The van der Waals surface area contributed by atoms with E-state index in [1.165, 1.54) is 0 Å². The highest BCUT2D eigenvalue weighted by molar-refractivity contribution is 7.99. The van der Waals surface area contributed by atoms with E-state index in [1.807, 2.05) is 18.5 Å².